The van der Waals surface area contributed by atoms with Crippen LogP contribution in [0.15, 0.2) is 24.3 Å². The van der Waals surface area contributed by atoms with Gasteiger partial charge in [-0.3, -0.25) is 10.2 Å². The van der Waals surface area contributed by atoms with E-state index in [1.54, 1.807) is 24.3 Å². The predicted molar refractivity (Wildman–Crippen MR) is 76.9 cm³/mol. The topological polar surface area (TPSA) is 55.8 Å². The number of hydrazine groups is 1. The Kier molecular flexibility index (Phi) is 5.13. The summed E-state index contributed by atoms with van der Waals surface area (Å²) in [6.07, 6.45) is 0. The molecule has 1 aliphatic heterocycles. The number of nitrogens with zero attached hydrogens (tertiary/aromatic N) is 2. The molecule has 1 amide bonds. The summed E-state index contributed by atoms with van der Waals surface area (Å²) in [7, 11) is 2.07. The van der Waals surface area contributed by atoms with Crippen LogP contribution in [0.4, 0.5) is 0 Å². The Bertz CT molecular complexity index is 508. The molecule has 2 rings (SSSR count). The van der Waals surface area contributed by atoms with Gasteiger partial charge in [0.25, 0.3) is 5.91 Å². The molecular formula is C15H19N3O2. The fraction of sp³-hybridized carbons (Fsp3) is 0.400. The van der Waals surface area contributed by atoms with Gasteiger partial charge in [0.2, 0.25) is 0 Å². The van der Waals surface area contributed by atoms with Crippen LogP contribution in [-0.2, 0) is 0 Å². The Labute approximate surface area is 119 Å². The second-order valence-electron chi connectivity index (χ2n) is 4.77. The monoisotopic (exact) mass is 273 g/mol. The second-order valence-corrected chi connectivity index (χ2v) is 4.77. The van der Waals surface area contributed by atoms with E-state index >= 15 is 0 Å². The quantitative estimate of drug-likeness (QED) is 0.740. The minimum atomic E-state index is -0.161. The maximum absolute atomic E-state index is 12.1. The van der Waals surface area contributed by atoms with E-state index in [0.29, 0.717) is 5.56 Å². The van der Waals surface area contributed by atoms with E-state index in [0.717, 1.165) is 31.7 Å². The third-order valence-corrected chi connectivity index (χ3v) is 3.22. The van der Waals surface area contributed by atoms with Gasteiger partial charge in [-0.25, -0.2) is 5.01 Å². The van der Waals surface area contributed by atoms with E-state index in [-0.39, 0.29) is 12.5 Å². The van der Waals surface area contributed by atoms with Crippen molar-refractivity contribution in [2.45, 2.75) is 0 Å². The Morgan fingerprint density at radius 2 is 1.90 bits per heavy atom. The molecule has 0 radical (unpaired) electrons. The molecule has 1 fully saturated rings. The smallest absolute Gasteiger partial charge is 0.265 e. The van der Waals surface area contributed by atoms with Crippen LogP contribution < -0.4 is 5.43 Å². The minimum absolute atomic E-state index is 0.101. The van der Waals surface area contributed by atoms with E-state index in [1.807, 2.05) is 5.01 Å². The van der Waals surface area contributed by atoms with Gasteiger partial charge in [0, 0.05) is 37.3 Å². The molecule has 1 aromatic rings. The van der Waals surface area contributed by atoms with Crippen LogP contribution in [0.3, 0.4) is 0 Å². The van der Waals surface area contributed by atoms with Crippen molar-refractivity contribution < 1.29 is 9.90 Å². The van der Waals surface area contributed by atoms with Gasteiger partial charge < -0.3 is 10.0 Å². The number of hydrogen-bond acceptors (Lipinski definition) is 4. The third kappa shape index (κ3) is 4.07. The average Bonchev–Trinajstić information content (AvgIpc) is 2.48. The molecule has 0 spiro atoms. The summed E-state index contributed by atoms with van der Waals surface area (Å²) in [6, 6.07) is 7.04. The van der Waals surface area contributed by atoms with Crippen molar-refractivity contribution in [2.75, 3.05) is 39.8 Å². The van der Waals surface area contributed by atoms with Crippen LogP contribution in [0.25, 0.3) is 0 Å². The third-order valence-electron chi connectivity index (χ3n) is 3.22. The molecule has 0 atom stereocenters. The van der Waals surface area contributed by atoms with Gasteiger partial charge in [-0.15, -0.1) is 0 Å². The largest absolute Gasteiger partial charge is 0.384 e. The molecule has 1 aliphatic rings. The lowest BCUT2D eigenvalue weighted by Gasteiger charge is -2.32. The molecule has 0 unspecified atom stereocenters. The van der Waals surface area contributed by atoms with Gasteiger partial charge in [0.1, 0.15) is 6.61 Å². The molecule has 106 valence electrons. The van der Waals surface area contributed by atoms with Crippen LogP contribution in [-0.4, -0.2) is 60.8 Å². The molecule has 5 nitrogen and oxygen atoms in total. The van der Waals surface area contributed by atoms with E-state index in [2.05, 4.69) is 29.2 Å². The number of carbonyl (C=O) groups excluding carboxylic acids is 1. The zero-order valence-corrected chi connectivity index (χ0v) is 11.6. The molecule has 5 heteroatoms. The van der Waals surface area contributed by atoms with Gasteiger partial charge in [-0.05, 0) is 31.3 Å². The summed E-state index contributed by atoms with van der Waals surface area (Å²) in [5.41, 5.74) is 4.31. The van der Waals surface area contributed by atoms with Crippen molar-refractivity contribution >= 4 is 5.91 Å². The fourth-order valence-corrected chi connectivity index (χ4v) is 1.97. The van der Waals surface area contributed by atoms with Gasteiger partial charge in [0.05, 0.1) is 0 Å². The molecule has 0 bridgehead atoms. The number of aliphatic hydroxyl groups is 1. The van der Waals surface area contributed by atoms with Crippen molar-refractivity contribution in [3.05, 3.63) is 35.4 Å². The predicted octanol–water partition coefficient (Wildman–Crippen LogP) is -0.0774. The summed E-state index contributed by atoms with van der Waals surface area (Å²) in [4.78, 5) is 14.3. The highest BCUT2D eigenvalue weighted by Crippen LogP contribution is 2.04. The summed E-state index contributed by atoms with van der Waals surface area (Å²) in [5.74, 6) is 5.27. The summed E-state index contributed by atoms with van der Waals surface area (Å²) in [5, 5.41) is 10.6. The molecule has 1 aromatic carbocycles. The molecular weight excluding hydrogens is 254 g/mol. The zero-order chi connectivity index (χ0) is 14.4. The van der Waals surface area contributed by atoms with Crippen molar-refractivity contribution in [2.24, 2.45) is 0 Å². The summed E-state index contributed by atoms with van der Waals surface area (Å²) in [6.45, 7) is 3.42. The number of amides is 1. The lowest BCUT2D eigenvalue weighted by Crippen LogP contribution is -2.52. The Morgan fingerprint density at radius 1 is 1.25 bits per heavy atom. The first-order valence-corrected chi connectivity index (χ1v) is 6.63. The first kappa shape index (κ1) is 14.5. The maximum atomic E-state index is 12.1. The number of rotatable bonds is 2. The van der Waals surface area contributed by atoms with Gasteiger partial charge >= 0.3 is 0 Å². The van der Waals surface area contributed by atoms with Crippen LogP contribution in [0.1, 0.15) is 15.9 Å². The molecule has 0 saturated carbocycles. The lowest BCUT2D eigenvalue weighted by atomic mass is 10.1. The number of likely N-dealkylation sites (N-methyl/N-ethyl adjacent to an activating group) is 1. The highest BCUT2D eigenvalue weighted by molar-refractivity contribution is 5.93. The highest BCUT2D eigenvalue weighted by Gasteiger charge is 2.16. The van der Waals surface area contributed by atoms with Gasteiger partial charge in [-0.1, -0.05) is 11.8 Å². The van der Waals surface area contributed by atoms with Gasteiger partial charge in [0.15, 0.2) is 0 Å². The first-order valence-electron chi connectivity index (χ1n) is 6.63. The molecule has 0 aliphatic carbocycles. The van der Waals surface area contributed by atoms with E-state index < -0.39 is 0 Å². The summed E-state index contributed by atoms with van der Waals surface area (Å²) < 4.78 is 0. The Hall–Kier alpha value is -1.87. The number of hydrogen-bond donors (Lipinski definition) is 2. The van der Waals surface area contributed by atoms with Gasteiger partial charge in [-0.2, -0.15) is 0 Å². The second kappa shape index (κ2) is 7.06. The highest BCUT2D eigenvalue weighted by atomic mass is 16.2. The number of benzene rings is 1. The molecule has 1 saturated heterocycles. The maximum Gasteiger partial charge on any atom is 0.265 e. The molecule has 2 N–H and O–H groups in total. The van der Waals surface area contributed by atoms with Crippen molar-refractivity contribution in [1.82, 2.24) is 15.3 Å². The number of aliphatic hydroxyl groups excluding tert-OH is 1. The molecule has 20 heavy (non-hydrogen) atoms. The van der Waals surface area contributed by atoms with Crippen LogP contribution in [0.5, 0.6) is 0 Å². The summed E-state index contributed by atoms with van der Waals surface area (Å²) >= 11 is 0. The SMILES string of the molecule is CN1CCN(NC(=O)c2ccc(C#CCO)cc2)CC1. The lowest BCUT2D eigenvalue weighted by molar-refractivity contribution is 0.0662. The Morgan fingerprint density at radius 3 is 2.50 bits per heavy atom. The first-order chi connectivity index (χ1) is 9.69. The van der Waals surface area contributed by atoms with E-state index in [4.69, 9.17) is 5.11 Å². The molecule has 1 heterocycles. The fourth-order valence-electron chi connectivity index (χ4n) is 1.97. The minimum Gasteiger partial charge on any atom is -0.384 e. The van der Waals surface area contributed by atoms with Crippen molar-refractivity contribution in [3.8, 4) is 11.8 Å². The normalized spacial score (nSPS) is 16.3. The Balaban J connectivity index is 1.92. The molecule has 0 aromatic heterocycles. The van der Waals surface area contributed by atoms with E-state index in [9.17, 15) is 4.79 Å². The number of carbonyl (C=O) groups is 1. The van der Waals surface area contributed by atoms with Crippen molar-refractivity contribution in [1.29, 1.82) is 0 Å². The van der Waals surface area contributed by atoms with Crippen LogP contribution in [0, 0.1) is 11.8 Å². The zero-order valence-electron chi connectivity index (χ0n) is 11.6. The standard InChI is InChI=1S/C15H19N3O2/c1-17-8-10-18(11-9-17)16-15(20)14-6-4-13(5-7-14)3-2-12-19/h4-7,19H,8-12H2,1H3,(H,16,20). The van der Waals surface area contributed by atoms with Crippen LogP contribution >= 0.6 is 0 Å². The van der Waals surface area contributed by atoms with Crippen molar-refractivity contribution in [3.63, 3.8) is 0 Å². The number of nitrogens with one attached hydrogen (secondary N) is 1. The van der Waals surface area contributed by atoms with Crippen LogP contribution in [0.2, 0.25) is 0 Å². The van der Waals surface area contributed by atoms with E-state index in [1.165, 1.54) is 0 Å². The number of piperazine rings is 1. The average molecular weight is 273 g/mol.